The Labute approximate surface area is 168 Å². The van der Waals surface area contributed by atoms with E-state index in [4.69, 9.17) is 0 Å². The Morgan fingerprint density at radius 1 is 0.929 bits per heavy atom. The molecule has 0 atom stereocenters. The number of thioether (sulfide) groups is 1. The molecule has 2 aromatic rings. The third kappa shape index (κ3) is 4.12. The highest BCUT2D eigenvalue weighted by atomic mass is 32.2. The maximum atomic E-state index is 13.0. The van der Waals surface area contributed by atoms with Gasteiger partial charge in [0.25, 0.3) is 11.1 Å². The molecular formula is C22H21FN2O2S. The monoisotopic (exact) mass is 396 g/mol. The van der Waals surface area contributed by atoms with E-state index >= 15 is 0 Å². The number of rotatable bonds is 4. The minimum Gasteiger partial charge on any atom is -0.372 e. The largest absolute Gasteiger partial charge is 0.372 e. The molecule has 28 heavy (non-hydrogen) atoms. The Morgan fingerprint density at radius 2 is 1.61 bits per heavy atom. The number of carbonyl (C=O) groups is 2. The highest BCUT2D eigenvalue weighted by molar-refractivity contribution is 8.18. The van der Waals surface area contributed by atoms with Crippen LogP contribution in [0.2, 0.25) is 0 Å². The first kappa shape index (κ1) is 18.7. The second kappa shape index (κ2) is 8.19. The fourth-order valence-electron chi connectivity index (χ4n) is 3.49. The van der Waals surface area contributed by atoms with Gasteiger partial charge in [-0.3, -0.25) is 14.5 Å². The topological polar surface area (TPSA) is 40.6 Å². The lowest BCUT2D eigenvalue weighted by atomic mass is 10.1. The lowest BCUT2D eigenvalue weighted by molar-refractivity contribution is -0.123. The van der Waals surface area contributed by atoms with E-state index in [1.54, 1.807) is 18.2 Å². The summed E-state index contributed by atoms with van der Waals surface area (Å²) in [6.07, 6.45) is 5.50. The molecule has 2 amide bonds. The standard InChI is InChI=1S/C22H21FN2O2S/c23-18-8-4-17(5-9-18)15-25-21(26)20(28-22(25)27)14-16-6-10-19(11-7-16)24-12-2-1-3-13-24/h4-11,14H,1-3,12-13,15H2/b20-14-. The number of hydrogen-bond donors (Lipinski definition) is 0. The van der Waals surface area contributed by atoms with Crippen molar-refractivity contribution in [3.63, 3.8) is 0 Å². The number of carbonyl (C=O) groups excluding carboxylic acids is 2. The molecule has 6 heteroatoms. The molecule has 0 spiro atoms. The molecule has 2 saturated heterocycles. The van der Waals surface area contributed by atoms with Gasteiger partial charge >= 0.3 is 0 Å². The first-order valence-corrected chi connectivity index (χ1v) is 10.3. The predicted molar refractivity (Wildman–Crippen MR) is 110 cm³/mol. The fourth-order valence-corrected chi connectivity index (χ4v) is 4.33. The van der Waals surface area contributed by atoms with Gasteiger partial charge in [-0.2, -0.15) is 0 Å². The van der Waals surface area contributed by atoms with Crippen LogP contribution in [0, 0.1) is 5.82 Å². The molecule has 2 heterocycles. The van der Waals surface area contributed by atoms with Crippen molar-refractivity contribution in [2.24, 2.45) is 0 Å². The maximum Gasteiger partial charge on any atom is 0.293 e. The number of halogens is 1. The van der Waals surface area contributed by atoms with Crippen molar-refractivity contribution in [3.8, 4) is 0 Å². The van der Waals surface area contributed by atoms with Gasteiger partial charge in [0.2, 0.25) is 0 Å². The zero-order valence-corrected chi connectivity index (χ0v) is 16.3. The number of benzene rings is 2. The minimum atomic E-state index is -0.342. The Balaban J connectivity index is 1.46. The van der Waals surface area contributed by atoms with E-state index in [1.807, 2.05) is 12.1 Å². The molecular weight excluding hydrogens is 375 g/mol. The van der Waals surface area contributed by atoms with Crippen molar-refractivity contribution in [2.45, 2.75) is 25.8 Å². The quantitative estimate of drug-likeness (QED) is 0.678. The van der Waals surface area contributed by atoms with Crippen LogP contribution < -0.4 is 4.90 Å². The van der Waals surface area contributed by atoms with E-state index in [-0.39, 0.29) is 23.5 Å². The molecule has 2 aromatic carbocycles. The van der Waals surface area contributed by atoms with Gasteiger partial charge in [-0.05, 0) is 72.5 Å². The number of nitrogens with zero attached hydrogens (tertiary/aromatic N) is 2. The molecule has 2 fully saturated rings. The zero-order chi connectivity index (χ0) is 19.5. The molecule has 0 N–H and O–H groups in total. The van der Waals surface area contributed by atoms with E-state index < -0.39 is 0 Å². The van der Waals surface area contributed by atoms with Crippen LogP contribution in [0.5, 0.6) is 0 Å². The van der Waals surface area contributed by atoms with E-state index in [0.29, 0.717) is 4.91 Å². The summed E-state index contributed by atoms with van der Waals surface area (Å²) in [4.78, 5) is 28.9. The van der Waals surface area contributed by atoms with Gasteiger partial charge in [0, 0.05) is 18.8 Å². The summed E-state index contributed by atoms with van der Waals surface area (Å²) < 4.78 is 13.0. The third-order valence-corrected chi connectivity index (χ3v) is 5.95. The molecule has 2 aliphatic heterocycles. The number of piperidine rings is 1. The lowest BCUT2D eigenvalue weighted by Gasteiger charge is -2.28. The lowest BCUT2D eigenvalue weighted by Crippen LogP contribution is -2.29. The molecule has 0 bridgehead atoms. The summed E-state index contributed by atoms with van der Waals surface area (Å²) in [7, 11) is 0. The van der Waals surface area contributed by atoms with E-state index in [2.05, 4.69) is 17.0 Å². The Bertz CT molecular complexity index is 903. The Morgan fingerprint density at radius 3 is 2.29 bits per heavy atom. The van der Waals surface area contributed by atoms with Crippen LogP contribution in [-0.2, 0) is 11.3 Å². The minimum absolute atomic E-state index is 0.149. The Kier molecular flexibility index (Phi) is 5.48. The number of hydrogen-bond acceptors (Lipinski definition) is 4. The molecule has 2 aliphatic rings. The van der Waals surface area contributed by atoms with Crippen LogP contribution in [0.1, 0.15) is 30.4 Å². The maximum absolute atomic E-state index is 13.0. The normalized spacial score (nSPS) is 19.0. The Hall–Kier alpha value is -2.60. The zero-order valence-electron chi connectivity index (χ0n) is 15.4. The highest BCUT2D eigenvalue weighted by Crippen LogP contribution is 2.33. The van der Waals surface area contributed by atoms with Crippen LogP contribution in [0.4, 0.5) is 14.9 Å². The van der Waals surface area contributed by atoms with Gasteiger partial charge in [0.05, 0.1) is 11.4 Å². The number of amides is 2. The molecule has 4 nitrogen and oxygen atoms in total. The van der Waals surface area contributed by atoms with Gasteiger partial charge in [-0.1, -0.05) is 24.3 Å². The predicted octanol–water partition coefficient (Wildman–Crippen LogP) is 5.05. The number of anilines is 1. The average Bonchev–Trinajstić information content (AvgIpc) is 2.98. The van der Waals surface area contributed by atoms with Gasteiger partial charge in [0.1, 0.15) is 5.82 Å². The number of imide groups is 1. The van der Waals surface area contributed by atoms with Gasteiger partial charge < -0.3 is 4.90 Å². The van der Waals surface area contributed by atoms with Crippen molar-refractivity contribution in [1.29, 1.82) is 0 Å². The van der Waals surface area contributed by atoms with Crippen molar-refractivity contribution >= 4 is 34.7 Å². The molecule has 0 saturated carbocycles. The third-order valence-electron chi connectivity index (χ3n) is 5.04. The van der Waals surface area contributed by atoms with Crippen LogP contribution in [-0.4, -0.2) is 29.1 Å². The highest BCUT2D eigenvalue weighted by Gasteiger charge is 2.34. The first-order valence-electron chi connectivity index (χ1n) is 9.45. The van der Waals surface area contributed by atoms with Crippen LogP contribution >= 0.6 is 11.8 Å². The van der Waals surface area contributed by atoms with Crippen molar-refractivity contribution in [1.82, 2.24) is 4.90 Å². The van der Waals surface area contributed by atoms with E-state index in [1.165, 1.54) is 42.0 Å². The molecule has 144 valence electrons. The van der Waals surface area contributed by atoms with E-state index in [0.717, 1.165) is 36.0 Å². The second-order valence-electron chi connectivity index (χ2n) is 7.03. The average molecular weight is 396 g/mol. The van der Waals surface area contributed by atoms with Crippen LogP contribution in [0.3, 0.4) is 0 Å². The van der Waals surface area contributed by atoms with Crippen LogP contribution in [0.15, 0.2) is 53.4 Å². The summed E-state index contributed by atoms with van der Waals surface area (Å²) in [6, 6.07) is 13.9. The molecule has 0 aliphatic carbocycles. The van der Waals surface area contributed by atoms with Gasteiger partial charge in [-0.25, -0.2) is 4.39 Å². The smallest absolute Gasteiger partial charge is 0.293 e. The van der Waals surface area contributed by atoms with Crippen molar-refractivity contribution < 1.29 is 14.0 Å². The summed E-state index contributed by atoms with van der Waals surface area (Å²) >= 11 is 0.945. The van der Waals surface area contributed by atoms with E-state index in [9.17, 15) is 14.0 Å². The summed E-state index contributed by atoms with van der Waals surface area (Å²) in [6.45, 7) is 2.32. The van der Waals surface area contributed by atoms with Gasteiger partial charge in [-0.15, -0.1) is 0 Å². The van der Waals surface area contributed by atoms with Crippen LogP contribution in [0.25, 0.3) is 6.08 Å². The molecule has 0 unspecified atom stereocenters. The summed E-state index contributed by atoms with van der Waals surface area (Å²) in [5, 5.41) is -0.300. The molecule has 4 rings (SSSR count). The summed E-state index contributed by atoms with van der Waals surface area (Å²) in [5.41, 5.74) is 2.81. The molecule has 0 aromatic heterocycles. The first-order chi connectivity index (χ1) is 13.6. The fraction of sp³-hybridized carbons (Fsp3) is 0.273. The summed E-state index contributed by atoms with van der Waals surface area (Å²) in [5.74, 6) is -0.648. The van der Waals surface area contributed by atoms with Gasteiger partial charge in [0.15, 0.2) is 0 Å². The SMILES string of the molecule is O=C1S/C(=C\c2ccc(N3CCCCC3)cc2)C(=O)N1Cc1ccc(F)cc1. The van der Waals surface area contributed by atoms with Crippen molar-refractivity contribution in [3.05, 3.63) is 70.4 Å². The van der Waals surface area contributed by atoms with Crippen molar-refractivity contribution in [2.75, 3.05) is 18.0 Å². The second-order valence-corrected chi connectivity index (χ2v) is 8.03. The molecule has 0 radical (unpaired) electrons.